The van der Waals surface area contributed by atoms with Crippen LogP contribution in [0.1, 0.15) is 33.6 Å². The second-order valence-electron chi connectivity index (χ2n) is 7.02. The summed E-state index contributed by atoms with van der Waals surface area (Å²) < 4.78 is 0. The lowest BCUT2D eigenvalue weighted by Gasteiger charge is -2.28. The van der Waals surface area contributed by atoms with Crippen molar-refractivity contribution >= 4 is 29.6 Å². The van der Waals surface area contributed by atoms with Gasteiger partial charge in [-0.3, -0.25) is 24.0 Å². The van der Waals surface area contributed by atoms with Crippen LogP contribution in [0.3, 0.4) is 0 Å². The minimum Gasteiger partial charge on any atom is -0.480 e. The van der Waals surface area contributed by atoms with Crippen molar-refractivity contribution in [3.05, 3.63) is 0 Å². The number of nitrogens with zero attached hydrogens (tertiary/aromatic N) is 1. The Labute approximate surface area is 163 Å². The van der Waals surface area contributed by atoms with Gasteiger partial charge in [-0.25, -0.2) is 0 Å². The molecule has 11 heteroatoms. The SMILES string of the molecule is CC(C)[C@H](NC(=O)CN)C(=O)N[C@@H](C)C(=O)N1CCC[C@H]1C(=O)NCC(=O)O. The van der Waals surface area contributed by atoms with Gasteiger partial charge in [0.25, 0.3) is 0 Å². The van der Waals surface area contributed by atoms with E-state index in [0.717, 1.165) is 0 Å². The zero-order chi connectivity index (χ0) is 21.4. The lowest BCUT2D eigenvalue weighted by Crippen LogP contribution is -2.57. The molecule has 3 atom stereocenters. The molecule has 0 unspecified atom stereocenters. The van der Waals surface area contributed by atoms with Crippen molar-refractivity contribution in [2.75, 3.05) is 19.6 Å². The summed E-state index contributed by atoms with van der Waals surface area (Å²) in [7, 11) is 0. The Morgan fingerprint density at radius 2 is 1.79 bits per heavy atom. The molecule has 0 aromatic rings. The van der Waals surface area contributed by atoms with Gasteiger partial charge in [-0.2, -0.15) is 0 Å². The number of nitrogens with one attached hydrogen (secondary N) is 3. The molecule has 0 aromatic carbocycles. The highest BCUT2D eigenvalue weighted by Gasteiger charge is 2.37. The number of carbonyl (C=O) groups excluding carboxylic acids is 4. The molecule has 11 nitrogen and oxygen atoms in total. The van der Waals surface area contributed by atoms with E-state index in [0.29, 0.717) is 19.4 Å². The Hall–Kier alpha value is -2.69. The van der Waals surface area contributed by atoms with Crippen molar-refractivity contribution < 1.29 is 29.1 Å². The highest BCUT2D eigenvalue weighted by atomic mass is 16.4. The molecular weight excluding hydrogens is 370 g/mol. The number of amides is 4. The number of hydrogen-bond acceptors (Lipinski definition) is 6. The summed E-state index contributed by atoms with van der Waals surface area (Å²) in [4.78, 5) is 60.8. The smallest absolute Gasteiger partial charge is 0.322 e. The first-order valence-corrected chi connectivity index (χ1v) is 9.18. The molecule has 0 aliphatic carbocycles. The number of nitrogens with two attached hydrogens (primary N) is 1. The first kappa shape index (κ1) is 23.3. The quantitative estimate of drug-likeness (QED) is 0.292. The minimum absolute atomic E-state index is 0.223. The number of aliphatic carboxylic acids is 1. The van der Waals surface area contributed by atoms with E-state index < -0.39 is 54.3 Å². The van der Waals surface area contributed by atoms with Gasteiger partial charge in [0.05, 0.1) is 6.54 Å². The number of likely N-dealkylation sites (tertiary alicyclic amines) is 1. The van der Waals surface area contributed by atoms with Crippen LogP contribution in [0.5, 0.6) is 0 Å². The summed E-state index contributed by atoms with van der Waals surface area (Å²) in [5.41, 5.74) is 5.26. The highest BCUT2D eigenvalue weighted by molar-refractivity contribution is 5.95. The van der Waals surface area contributed by atoms with E-state index in [1.165, 1.54) is 11.8 Å². The van der Waals surface area contributed by atoms with Gasteiger partial charge in [-0.1, -0.05) is 13.8 Å². The van der Waals surface area contributed by atoms with Gasteiger partial charge in [-0.15, -0.1) is 0 Å². The molecule has 0 saturated carbocycles. The average Bonchev–Trinajstić information content (AvgIpc) is 3.12. The normalized spacial score (nSPS) is 18.3. The molecule has 0 aromatic heterocycles. The van der Waals surface area contributed by atoms with Crippen molar-refractivity contribution in [2.24, 2.45) is 11.7 Å². The molecule has 0 radical (unpaired) electrons. The zero-order valence-electron chi connectivity index (χ0n) is 16.4. The van der Waals surface area contributed by atoms with Gasteiger partial charge in [0, 0.05) is 6.54 Å². The number of carboxylic acids is 1. The first-order valence-electron chi connectivity index (χ1n) is 9.18. The summed E-state index contributed by atoms with van der Waals surface area (Å²) >= 11 is 0. The Balaban J connectivity index is 2.73. The largest absolute Gasteiger partial charge is 0.480 e. The van der Waals surface area contributed by atoms with Crippen LogP contribution in [0.4, 0.5) is 0 Å². The number of carboxylic acid groups (broad SMARTS) is 1. The van der Waals surface area contributed by atoms with E-state index in [1.54, 1.807) is 13.8 Å². The van der Waals surface area contributed by atoms with E-state index in [1.807, 2.05) is 0 Å². The average molecular weight is 399 g/mol. The topological polar surface area (TPSA) is 171 Å². The van der Waals surface area contributed by atoms with Crippen molar-refractivity contribution in [1.82, 2.24) is 20.9 Å². The van der Waals surface area contributed by atoms with Crippen LogP contribution in [0.25, 0.3) is 0 Å². The van der Waals surface area contributed by atoms with Crippen molar-refractivity contribution in [1.29, 1.82) is 0 Å². The summed E-state index contributed by atoms with van der Waals surface area (Å²) in [6, 6.07) is -2.54. The molecule has 6 N–H and O–H groups in total. The molecule has 28 heavy (non-hydrogen) atoms. The van der Waals surface area contributed by atoms with Gasteiger partial charge in [-0.05, 0) is 25.7 Å². The van der Waals surface area contributed by atoms with Crippen LogP contribution < -0.4 is 21.7 Å². The fourth-order valence-electron chi connectivity index (χ4n) is 2.96. The van der Waals surface area contributed by atoms with E-state index in [2.05, 4.69) is 16.0 Å². The van der Waals surface area contributed by atoms with Crippen molar-refractivity contribution in [2.45, 2.75) is 51.7 Å². The third kappa shape index (κ3) is 6.48. The standard InChI is InChI=1S/C17H29N5O6/c1-9(2)14(21-12(23)7-18)16(27)20-10(3)17(28)22-6-4-5-11(22)15(26)19-8-13(24)25/h9-11,14H,4-8,18H2,1-3H3,(H,19,26)(H,20,27)(H,21,23)(H,24,25)/t10-,11-,14-/m0/s1. The molecule has 1 fully saturated rings. The zero-order valence-corrected chi connectivity index (χ0v) is 16.4. The first-order chi connectivity index (χ1) is 13.1. The lowest BCUT2D eigenvalue weighted by atomic mass is 10.0. The maximum absolute atomic E-state index is 12.7. The molecular formula is C17H29N5O6. The highest BCUT2D eigenvalue weighted by Crippen LogP contribution is 2.18. The molecule has 1 heterocycles. The summed E-state index contributed by atoms with van der Waals surface area (Å²) in [6.07, 6.45) is 1.01. The Morgan fingerprint density at radius 3 is 2.32 bits per heavy atom. The van der Waals surface area contributed by atoms with Crippen molar-refractivity contribution in [3.8, 4) is 0 Å². The summed E-state index contributed by atoms with van der Waals surface area (Å²) in [6.45, 7) is 4.54. The van der Waals surface area contributed by atoms with Crippen LogP contribution in [-0.4, -0.2) is 77.4 Å². The van der Waals surface area contributed by atoms with Crippen LogP contribution in [0, 0.1) is 5.92 Å². The molecule has 0 bridgehead atoms. The van der Waals surface area contributed by atoms with E-state index in [4.69, 9.17) is 10.8 Å². The fourth-order valence-corrected chi connectivity index (χ4v) is 2.96. The molecule has 1 aliphatic rings. The van der Waals surface area contributed by atoms with Crippen LogP contribution in [0.2, 0.25) is 0 Å². The van der Waals surface area contributed by atoms with E-state index >= 15 is 0 Å². The van der Waals surface area contributed by atoms with E-state index in [9.17, 15) is 24.0 Å². The number of rotatable bonds is 9. The van der Waals surface area contributed by atoms with Gasteiger partial charge in [0.1, 0.15) is 24.7 Å². The fraction of sp³-hybridized carbons (Fsp3) is 0.706. The van der Waals surface area contributed by atoms with Crippen LogP contribution in [-0.2, 0) is 24.0 Å². The Morgan fingerprint density at radius 1 is 1.14 bits per heavy atom. The van der Waals surface area contributed by atoms with Crippen LogP contribution >= 0.6 is 0 Å². The maximum atomic E-state index is 12.7. The van der Waals surface area contributed by atoms with Crippen LogP contribution in [0.15, 0.2) is 0 Å². The third-order valence-corrected chi connectivity index (χ3v) is 4.43. The molecule has 158 valence electrons. The summed E-state index contributed by atoms with van der Waals surface area (Å²) in [5, 5.41) is 16.0. The second kappa shape index (κ2) is 10.6. The minimum atomic E-state index is -1.18. The van der Waals surface area contributed by atoms with Gasteiger partial charge >= 0.3 is 5.97 Å². The predicted octanol–water partition coefficient (Wildman–Crippen LogP) is -2.22. The Bertz CT molecular complexity index is 623. The second-order valence-corrected chi connectivity index (χ2v) is 7.02. The van der Waals surface area contributed by atoms with Gasteiger partial charge in [0.2, 0.25) is 23.6 Å². The lowest BCUT2D eigenvalue weighted by molar-refractivity contribution is -0.142. The monoisotopic (exact) mass is 399 g/mol. The molecule has 4 amide bonds. The maximum Gasteiger partial charge on any atom is 0.322 e. The summed E-state index contributed by atoms with van der Waals surface area (Å²) in [5.74, 6) is -3.40. The third-order valence-electron chi connectivity index (χ3n) is 4.43. The van der Waals surface area contributed by atoms with Gasteiger partial charge in [0.15, 0.2) is 0 Å². The molecule has 1 rings (SSSR count). The van der Waals surface area contributed by atoms with E-state index in [-0.39, 0.29) is 12.5 Å². The predicted molar refractivity (Wildman–Crippen MR) is 98.8 cm³/mol. The number of hydrogen-bond donors (Lipinski definition) is 5. The van der Waals surface area contributed by atoms with Gasteiger partial charge < -0.3 is 31.7 Å². The van der Waals surface area contributed by atoms with Crippen molar-refractivity contribution in [3.63, 3.8) is 0 Å². The number of carbonyl (C=O) groups is 5. The molecule has 1 saturated heterocycles. The molecule has 0 spiro atoms. The Kier molecular flexibility index (Phi) is 8.83. The molecule has 1 aliphatic heterocycles.